The van der Waals surface area contributed by atoms with Crippen molar-refractivity contribution in [2.24, 2.45) is 0 Å². The first-order valence-electron chi connectivity index (χ1n) is 32.6. The van der Waals surface area contributed by atoms with Gasteiger partial charge in [-0.05, 0) is 124 Å². The fraction of sp³-hybridized carbons (Fsp3) is 0.521. The van der Waals surface area contributed by atoms with E-state index >= 15 is 8.42 Å². The van der Waals surface area contributed by atoms with Crippen molar-refractivity contribution in [3.05, 3.63) is 182 Å². The minimum Gasteiger partial charge on any atom is -0.414 e. The van der Waals surface area contributed by atoms with Gasteiger partial charge in [0.15, 0.2) is 18.2 Å². The maximum atomic E-state index is 15.5. The van der Waals surface area contributed by atoms with Crippen molar-refractivity contribution in [3.8, 4) is 0 Å². The number of fused-ring (bicyclic) bond motifs is 2. The van der Waals surface area contributed by atoms with Crippen LogP contribution < -0.4 is 20.7 Å². The molecule has 4 fully saturated rings. The Bertz CT molecular complexity index is 3100. The zero-order valence-corrected chi connectivity index (χ0v) is 57.8. The predicted molar refractivity (Wildman–Crippen MR) is 361 cm³/mol. The highest BCUT2D eigenvalue weighted by Crippen LogP contribution is 2.49. The molecule has 0 amide bonds. The van der Waals surface area contributed by atoms with Crippen LogP contribution in [-0.2, 0) is 42.1 Å². The third-order valence-corrected chi connectivity index (χ3v) is 36.8. The lowest BCUT2D eigenvalue weighted by Crippen LogP contribution is -2.73. The Hall–Kier alpha value is -4.40. The molecule has 4 heterocycles. The van der Waals surface area contributed by atoms with E-state index in [4.69, 9.17) is 32.2 Å². The molecule has 4 saturated heterocycles. The van der Waals surface area contributed by atoms with Crippen LogP contribution in [0.25, 0.3) is 0 Å². The molecule has 3 unspecified atom stereocenters. The molecule has 0 aromatic heterocycles. The maximum Gasteiger partial charge on any atom is 0.261 e. The van der Waals surface area contributed by atoms with Crippen LogP contribution in [0.3, 0.4) is 0 Å². The lowest BCUT2D eigenvalue weighted by molar-refractivity contribution is -0.255. The van der Waals surface area contributed by atoms with Gasteiger partial charge < -0.3 is 42.4 Å². The summed E-state index contributed by atoms with van der Waals surface area (Å²) in [6.45, 7) is 30.7. The number of rotatable bonds is 27. The van der Waals surface area contributed by atoms with E-state index in [1.807, 2.05) is 24.3 Å². The highest BCUT2D eigenvalue weighted by molar-refractivity contribution is 7.92. The number of benzene rings is 5. The smallest absolute Gasteiger partial charge is 0.261 e. The van der Waals surface area contributed by atoms with Crippen LogP contribution in [0, 0.1) is 0 Å². The van der Waals surface area contributed by atoms with E-state index in [-0.39, 0.29) is 42.7 Å². The minimum atomic E-state index is -4.23. The van der Waals surface area contributed by atoms with Crippen molar-refractivity contribution in [2.75, 3.05) is 6.61 Å². The monoisotopic (exact) mass is 1270 g/mol. The normalized spacial score (nSPS) is 25.5. The van der Waals surface area contributed by atoms with Gasteiger partial charge in [-0.25, -0.2) is 8.42 Å². The van der Waals surface area contributed by atoms with Gasteiger partial charge in [-0.1, -0.05) is 215 Å². The molecule has 4 aliphatic heterocycles. The molecule has 0 bridgehead atoms. The molecule has 5 aromatic rings. The van der Waals surface area contributed by atoms with Gasteiger partial charge >= 0.3 is 0 Å². The summed E-state index contributed by atoms with van der Waals surface area (Å²) < 4.78 is 84.1. The van der Waals surface area contributed by atoms with Crippen LogP contribution in [0.2, 0.25) is 28.2 Å². The fourth-order valence-corrected chi connectivity index (χ4v) is 29.1. The van der Waals surface area contributed by atoms with Crippen LogP contribution in [0.4, 0.5) is 0 Å². The van der Waals surface area contributed by atoms with Gasteiger partial charge in [0.1, 0.15) is 30.5 Å². The molecule has 0 radical (unpaired) electrons. The first-order chi connectivity index (χ1) is 42.1. The Balaban J connectivity index is 1.15. The van der Waals surface area contributed by atoms with Crippen molar-refractivity contribution in [1.29, 1.82) is 0 Å². The number of sulfone groups is 1. The molecule has 9 rings (SSSR count). The zero-order valence-electron chi connectivity index (χ0n) is 54.0. The second-order valence-corrected chi connectivity index (χ2v) is 42.7. The highest BCUT2D eigenvalue weighted by atomic mass is 32.2. The van der Waals surface area contributed by atoms with E-state index in [1.165, 1.54) is 0 Å². The summed E-state index contributed by atoms with van der Waals surface area (Å²) in [6.07, 6.45) is -3.53. The number of hydrogen-bond donors (Lipinski definition) is 2. The molecule has 13 atom stereocenters. The zero-order chi connectivity index (χ0) is 63.1. The predicted octanol–water partition coefficient (Wildman–Crippen LogP) is 12.3. The van der Waals surface area contributed by atoms with Gasteiger partial charge in [-0.2, -0.15) is 0 Å². The number of aliphatic hydroxyl groups is 2. The van der Waals surface area contributed by atoms with Crippen molar-refractivity contribution >= 4 is 55.5 Å². The summed E-state index contributed by atoms with van der Waals surface area (Å²) in [5.41, 5.74) is 5.06. The minimum absolute atomic E-state index is 0.0177. The summed E-state index contributed by atoms with van der Waals surface area (Å²) in [4.78, 5) is 0.121. The quantitative estimate of drug-likeness (QED) is 0.0295. The van der Waals surface area contributed by atoms with Gasteiger partial charge in [-0.15, -0.1) is 5.73 Å². The molecule has 0 spiro atoms. The number of hydrogen-bond acceptors (Lipinski definition) is 11. The maximum absolute atomic E-state index is 15.5. The highest BCUT2D eigenvalue weighted by Gasteiger charge is 2.65. The van der Waals surface area contributed by atoms with Crippen molar-refractivity contribution in [3.63, 3.8) is 0 Å². The van der Waals surface area contributed by atoms with Gasteiger partial charge in [0.2, 0.25) is 0 Å². The Morgan fingerprint density at radius 3 is 1.58 bits per heavy atom. The topological polar surface area (TPSA) is 139 Å². The van der Waals surface area contributed by atoms with Crippen LogP contribution in [0.1, 0.15) is 127 Å². The average molecular weight is 1270 g/mol. The molecule has 0 aliphatic carbocycles. The molecular weight excluding hydrogens is 1170 g/mol. The first kappa shape index (κ1) is 68.0. The van der Waals surface area contributed by atoms with Crippen LogP contribution >= 0.6 is 0 Å². The molecule has 11 nitrogen and oxygen atoms in total. The van der Waals surface area contributed by atoms with E-state index in [1.54, 1.807) is 30.3 Å². The van der Waals surface area contributed by atoms with Gasteiger partial charge in [0, 0.05) is 25.6 Å². The molecule has 88 heavy (non-hydrogen) atoms. The van der Waals surface area contributed by atoms with E-state index in [9.17, 15) is 10.2 Å². The van der Waals surface area contributed by atoms with Crippen LogP contribution in [0.15, 0.2) is 187 Å². The van der Waals surface area contributed by atoms with Gasteiger partial charge in [0.25, 0.3) is 16.6 Å². The molecule has 2 N–H and O–H groups in total. The standard InChI is InChI=1S/C73H100O11SSi3/c1-13-52(5)48-55(82-86(14-2,15-3)16-4)43-44-63-53(6)49-56(78-63)50-66(85(76,77)57-32-22-17-23-33-57)62(75)51-65-68(83-87(72(7,8)9,58-34-24-18-25-35-58)59-36-26-19-27-37-59)69-70(81-65)71(67-64(80-69)45-42-54(79-67)46-47-74)84-88(73(10,11)12,60-38-28-20-29-39-60)61-40-30-21-31-41-61/h17-41,54-56,62-71,74-75H,1,6,14-16,42-51H2,2-5,7-12H3/t54-,55?,56-,62?,63+,64+,65-,66?,67+,68+,69+,70-,71+/m1/s1. The SMILES string of the molecule is C=C=C(C)CC(CC[C@@H]1O[C@@H](CC(C(O)C[C@H]2O[C@H]3[C@@H](O[Si](c4ccccc4)(c4ccccc4)C(C)(C)C)[C@H]4O[C@@H](CCO)CC[C@@H]4O[C@H]3[C@H]2O[Si](c2ccccc2)(c2ccccc2)C(C)(C)C)S(=O)(=O)c2ccccc2)CC1=C)O[Si](CC)(CC)CC. The Morgan fingerprint density at radius 1 is 0.636 bits per heavy atom. The van der Waals surface area contributed by atoms with E-state index in [0.717, 1.165) is 62.9 Å². The molecule has 0 saturated carbocycles. The summed E-state index contributed by atoms with van der Waals surface area (Å²) in [7, 11) is -13.0. The molecule has 5 aromatic carbocycles. The Morgan fingerprint density at radius 2 is 1.11 bits per heavy atom. The van der Waals surface area contributed by atoms with Crippen molar-refractivity contribution < 1.29 is 50.9 Å². The summed E-state index contributed by atoms with van der Waals surface area (Å²) in [6, 6.07) is 53.7. The lowest BCUT2D eigenvalue weighted by Gasteiger charge is -2.53. The number of aliphatic hydroxyl groups excluding tert-OH is 2. The van der Waals surface area contributed by atoms with Crippen molar-refractivity contribution in [1.82, 2.24) is 0 Å². The molecule has 476 valence electrons. The van der Waals surface area contributed by atoms with E-state index < -0.39 is 105 Å². The van der Waals surface area contributed by atoms with Crippen LogP contribution in [-0.4, -0.2) is 129 Å². The Labute approximate surface area is 530 Å². The summed E-state index contributed by atoms with van der Waals surface area (Å²) in [5.74, 6) is 0. The molecular formula is C73H100O11SSi3. The lowest BCUT2D eigenvalue weighted by atomic mass is 9.87. The second kappa shape index (κ2) is 29.0. The third kappa shape index (κ3) is 14.3. The van der Waals surface area contributed by atoms with E-state index in [0.29, 0.717) is 32.1 Å². The average Bonchev–Trinajstić information content (AvgIpc) is 1.28. The van der Waals surface area contributed by atoms with E-state index in [2.05, 4.69) is 185 Å². The van der Waals surface area contributed by atoms with Crippen molar-refractivity contribution in [2.45, 2.75) is 239 Å². The Kier molecular flexibility index (Phi) is 22.4. The summed E-state index contributed by atoms with van der Waals surface area (Å²) in [5, 5.41) is 25.9. The first-order valence-corrected chi connectivity index (χ1v) is 40.5. The number of ether oxygens (including phenoxy) is 4. The molecule has 15 heteroatoms. The summed E-state index contributed by atoms with van der Waals surface area (Å²) >= 11 is 0. The van der Waals surface area contributed by atoms with Gasteiger partial charge in [0.05, 0.1) is 46.8 Å². The third-order valence-electron chi connectivity index (χ3n) is 19.8. The van der Waals surface area contributed by atoms with Crippen LogP contribution in [0.5, 0.6) is 0 Å². The fourth-order valence-electron chi connectivity index (χ4n) is 14.9. The molecule has 4 aliphatic rings. The van der Waals surface area contributed by atoms with Gasteiger partial charge in [-0.3, -0.25) is 0 Å². The second-order valence-electron chi connectivity index (χ2n) is 27.3. The largest absolute Gasteiger partial charge is 0.414 e.